The van der Waals surface area contributed by atoms with Crippen LogP contribution in [0.1, 0.15) is 29.0 Å². The number of rotatable bonds is 7. The number of hydrogen-bond acceptors (Lipinski definition) is 5. The van der Waals surface area contributed by atoms with Crippen molar-refractivity contribution in [1.29, 1.82) is 0 Å². The van der Waals surface area contributed by atoms with Crippen molar-refractivity contribution in [3.8, 4) is 5.75 Å². The van der Waals surface area contributed by atoms with Gasteiger partial charge < -0.3 is 9.47 Å². The van der Waals surface area contributed by atoms with Crippen molar-refractivity contribution in [3.63, 3.8) is 0 Å². The molecule has 0 unspecified atom stereocenters. The third-order valence-corrected chi connectivity index (χ3v) is 5.55. The maximum atomic E-state index is 12.3. The Balaban J connectivity index is 1.34. The van der Waals surface area contributed by atoms with Crippen molar-refractivity contribution in [2.24, 2.45) is 11.0 Å². The number of hydrogen-bond donors (Lipinski definition) is 1. The van der Waals surface area contributed by atoms with E-state index in [1.807, 2.05) is 30.3 Å². The summed E-state index contributed by atoms with van der Waals surface area (Å²) in [6.07, 6.45) is 2.58. The summed E-state index contributed by atoms with van der Waals surface area (Å²) < 4.78 is 10.9. The van der Waals surface area contributed by atoms with Crippen LogP contribution in [-0.2, 0) is 16.1 Å². The maximum absolute atomic E-state index is 12.3. The zero-order valence-electron chi connectivity index (χ0n) is 16.7. The summed E-state index contributed by atoms with van der Waals surface area (Å²) in [6, 6.07) is 16.1. The van der Waals surface area contributed by atoms with Gasteiger partial charge in [-0.25, -0.2) is 5.43 Å². The third-order valence-electron chi connectivity index (χ3n) is 5.55. The Morgan fingerprint density at radius 3 is 2.79 bits per heavy atom. The minimum absolute atomic E-state index is 0.0160. The van der Waals surface area contributed by atoms with E-state index in [2.05, 4.69) is 33.6 Å². The maximum Gasteiger partial charge on any atom is 0.243 e. The second-order valence-corrected chi connectivity index (χ2v) is 7.55. The quantitative estimate of drug-likeness (QED) is 0.580. The molecule has 1 heterocycles. The van der Waals surface area contributed by atoms with Gasteiger partial charge in [-0.3, -0.25) is 9.69 Å². The van der Waals surface area contributed by atoms with E-state index in [-0.39, 0.29) is 11.8 Å². The van der Waals surface area contributed by atoms with Gasteiger partial charge in [0.25, 0.3) is 0 Å². The van der Waals surface area contributed by atoms with Crippen molar-refractivity contribution < 1.29 is 14.3 Å². The van der Waals surface area contributed by atoms with Crippen LogP contribution >= 0.6 is 0 Å². The number of nitrogens with zero attached hydrogens (tertiary/aromatic N) is 2. The van der Waals surface area contributed by atoms with Gasteiger partial charge in [0.05, 0.1) is 26.5 Å². The number of amides is 1. The Morgan fingerprint density at radius 1 is 1.24 bits per heavy atom. The van der Waals surface area contributed by atoms with Crippen LogP contribution in [0.2, 0.25) is 0 Å². The van der Waals surface area contributed by atoms with Crippen LogP contribution in [0.25, 0.3) is 0 Å². The van der Waals surface area contributed by atoms with Crippen molar-refractivity contribution in [2.75, 3.05) is 33.4 Å². The first-order valence-corrected chi connectivity index (χ1v) is 10.1. The molecule has 0 bridgehead atoms. The number of carbonyl (C=O) groups excluding carboxylic acids is 1. The van der Waals surface area contributed by atoms with E-state index in [1.54, 1.807) is 13.3 Å². The van der Waals surface area contributed by atoms with Crippen molar-refractivity contribution in [1.82, 2.24) is 10.3 Å². The Bertz CT molecular complexity index is 863. The summed E-state index contributed by atoms with van der Waals surface area (Å²) in [4.78, 5) is 14.7. The molecule has 1 amide bonds. The average molecular weight is 393 g/mol. The molecule has 2 fully saturated rings. The summed E-state index contributed by atoms with van der Waals surface area (Å²) in [6.45, 7) is 4.17. The van der Waals surface area contributed by atoms with Gasteiger partial charge in [-0.1, -0.05) is 30.3 Å². The summed E-state index contributed by atoms with van der Waals surface area (Å²) in [5.74, 6) is 1.17. The van der Waals surface area contributed by atoms with Crippen LogP contribution in [0.3, 0.4) is 0 Å². The highest BCUT2D eigenvalue weighted by Gasteiger charge is 2.43. The molecule has 6 heteroatoms. The number of nitrogens with one attached hydrogen (secondary N) is 1. The molecule has 1 saturated carbocycles. The molecule has 29 heavy (non-hydrogen) atoms. The first kappa shape index (κ1) is 19.6. The predicted octanol–water partition coefficient (Wildman–Crippen LogP) is 2.78. The molecule has 6 nitrogen and oxygen atoms in total. The molecule has 1 aliphatic heterocycles. The summed E-state index contributed by atoms with van der Waals surface area (Å²) in [7, 11) is 1.69. The van der Waals surface area contributed by atoms with Crippen LogP contribution in [0, 0.1) is 5.92 Å². The lowest BCUT2D eigenvalue weighted by Gasteiger charge is -2.27. The number of hydrazone groups is 1. The Morgan fingerprint density at radius 2 is 2.03 bits per heavy atom. The Hall–Kier alpha value is -2.70. The normalized spacial score (nSPS) is 21.8. The Labute approximate surface area is 171 Å². The number of carbonyl (C=O) groups is 1. The monoisotopic (exact) mass is 393 g/mol. The standard InChI is InChI=1S/C23H27N3O3/c1-28-22-8-7-17(13-19(22)16-26-9-11-29-12-10-26)15-24-25-23(27)21-14-20(21)18-5-3-2-4-6-18/h2-8,13,15,20-21H,9-12,14,16H2,1H3,(H,25,27)/t20-,21+/m0/s1. The highest BCUT2D eigenvalue weighted by atomic mass is 16.5. The van der Waals surface area contributed by atoms with Crippen LogP contribution < -0.4 is 10.2 Å². The predicted molar refractivity (Wildman–Crippen MR) is 112 cm³/mol. The van der Waals surface area contributed by atoms with Crippen molar-refractivity contribution in [3.05, 3.63) is 65.2 Å². The number of morpholine rings is 1. The molecular weight excluding hydrogens is 366 g/mol. The van der Waals surface area contributed by atoms with Gasteiger partial charge in [0.2, 0.25) is 5.91 Å². The minimum Gasteiger partial charge on any atom is -0.496 e. The van der Waals surface area contributed by atoms with Gasteiger partial charge in [-0.05, 0) is 41.7 Å². The van der Waals surface area contributed by atoms with E-state index >= 15 is 0 Å². The van der Waals surface area contributed by atoms with Crippen molar-refractivity contribution in [2.45, 2.75) is 18.9 Å². The molecule has 0 aromatic heterocycles. The zero-order valence-corrected chi connectivity index (χ0v) is 16.7. The number of benzene rings is 2. The summed E-state index contributed by atoms with van der Waals surface area (Å²) in [5.41, 5.74) is 5.96. The lowest BCUT2D eigenvalue weighted by Crippen LogP contribution is -2.35. The van der Waals surface area contributed by atoms with Gasteiger partial charge in [0, 0.05) is 31.1 Å². The zero-order chi connectivity index (χ0) is 20.1. The fraction of sp³-hybridized carbons (Fsp3) is 0.391. The van der Waals surface area contributed by atoms with E-state index in [0.29, 0.717) is 5.92 Å². The molecular formula is C23H27N3O3. The highest BCUT2D eigenvalue weighted by Crippen LogP contribution is 2.47. The first-order valence-electron chi connectivity index (χ1n) is 10.1. The molecule has 1 aliphatic carbocycles. The SMILES string of the molecule is COc1ccc(C=NNC(=O)[C@@H]2C[C@H]2c2ccccc2)cc1CN1CCOCC1. The average Bonchev–Trinajstić information content (AvgIpc) is 3.56. The molecule has 152 valence electrons. The molecule has 2 aromatic rings. The second kappa shape index (κ2) is 9.20. The molecule has 0 spiro atoms. The third kappa shape index (κ3) is 5.02. The lowest BCUT2D eigenvalue weighted by atomic mass is 10.1. The van der Waals surface area contributed by atoms with Gasteiger partial charge in [-0.2, -0.15) is 5.10 Å². The largest absolute Gasteiger partial charge is 0.496 e. The van der Waals surface area contributed by atoms with Gasteiger partial charge in [0.1, 0.15) is 5.75 Å². The van der Waals surface area contributed by atoms with E-state index < -0.39 is 0 Å². The molecule has 2 atom stereocenters. The number of ether oxygens (including phenoxy) is 2. The van der Waals surface area contributed by atoms with E-state index in [0.717, 1.165) is 56.1 Å². The molecule has 1 saturated heterocycles. The second-order valence-electron chi connectivity index (χ2n) is 7.55. The highest BCUT2D eigenvalue weighted by molar-refractivity contribution is 5.85. The van der Waals surface area contributed by atoms with Gasteiger partial charge in [0.15, 0.2) is 0 Å². The smallest absolute Gasteiger partial charge is 0.243 e. The molecule has 4 rings (SSSR count). The van der Waals surface area contributed by atoms with Crippen LogP contribution in [0.4, 0.5) is 0 Å². The first-order chi connectivity index (χ1) is 14.2. The minimum atomic E-state index is -0.0165. The fourth-order valence-corrected chi connectivity index (χ4v) is 3.81. The molecule has 0 radical (unpaired) electrons. The fourth-order valence-electron chi connectivity index (χ4n) is 3.81. The summed E-state index contributed by atoms with van der Waals surface area (Å²) in [5, 5.41) is 4.18. The van der Waals surface area contributed by atoms with E-state index in [4.69, 9.17) is 9.47 Å². The van der Waals surface area contributed by atoms with Crippen LogP contribution in [-0.4, -0.2) is 50.4 Å². The van der Waals surface area contributed by atoms with Crippen LogP contribution in [0.15, 0.2) is 53.6 Å². The molecule has 2 aromatic carbocycles. The van der Waals surface area contributed by atoms with Gasteiger partial charge in [-0.15, -0.1) is 0 Å². The molecule has 2 aliphatic rings. The topological polar surface area (TPSA) is 63.2 Å². The number of methoxy groups -OCH3 is 1. The van der Waals surface area contributed by atoms with Crippen molar-refractivity contribution >= 4 is 12.1 Å². The van der Waals surface area contributed by atoms with E-state index in [9.17, 15) is 4.79 Å². The molecule has 1 N–H and O–H groups in total. The lowest BCUT2D eigenvalue weighted by molar-refractivity contribution is -0.122. The van der Waals surface area contributed by atoms with E-state index in [1.165, 1.54) is 5.56 Å². The Kier molecular flexibility index (Phi) is 6.22. The summed E-state index contributed by atoms with van der Waals surface area (Å²) >= 11 is 0. The van der Waals surface area contributed by atoms with Crippen LogP contribution in [0.5, 0.6) is 5.75 Å². The van der Waals surface area contributed by atoms with Gasteiger partial charge >= 0.3 is 0 Å².